The van der Waals surface area contributed by atoms with Crippen LogP contribution in [0.25, 0.3) is 0 Å². The molecule has 3 heterocycles. The highest BCUT2D eigenvalue weighted by Crippen LogP contribution is 2.33. The highest BCUT2D eigenvalue weighted by Gasteiger charge is 2.34. The fourth-order valence-electron chi connectivity index (χ4n) is 4.01. The van der Waals surface area contributed by atoms with Gasteiger partial charge >= 0.3 is 6.18 Å². The van der Waals surface area contributed by atoms with Crippen LogP contribution < -0.4 is 4.74 Å². The van der Waals surface area contributed by atoms with Crippen LogP contribution in [0.4, 0.5) is 17.6 Å². The first-order chi connectivity index (χ1) is 15.6. The summed E-state index contributed by atoms with van der Waals surface area (Å²) in [5, 5.41) is 0. The minimum atomic E-state index is -4.49. The van der Waals surface area contributed by atoms with Crippen LogP contribution in [-0.2, 0) is 10.9 Å². The molecule has 2 unspecified atom stereocenters. The number of hydrogen-bond donors (Lipinski definition) is 0. The van der Waals surface area contributed by atoms with E-state index in [2.05, 4.69) is 4.98 Å². The van der Waals surface area contributed by atoms with Crippen molar-refractivity contribution in [2.24, 2.45) is 0 Å². The number of carbonyl (C=O) groups excluding carboxylic acids is 1. The smallest absolute Gasteiger partial charge is 0.417 e. The van der Waals surface area contributed by atoms with Gasteiger partial charge in [-0.1, -0.05) is 6.07 Å². The number of aromatic nitrogens is 1. The molecule has 2 aliphatic rings. The number of amides is 1. The predicted molar refractivity (Wildman–Crippen MR) is 111 cm³/mol. The number of aryl methyl sites for hydroxylation is 1. The van der Waals surface area contributed by atoms with Crippen molar-refractivity contribution < 1.29 is 31.8 Å². The van der Waals surface area contributed by atoms with Crippen molar-refractivity contribution in [3.8, 4) is 5.88 Å². The van der Waals surface area contributed by atoms with E-state index in [-0.39, 0.29) is 35.0 Å². The third-order valence-corrected chi connectivity index (χ3v) is 5.70. The third-order valence-electron chi connectivity index (χ3n) is 5.70. The molecule has 33 heavy (non-hydrogen) atoms. The molecule has 4 rings (SSSR count). The summed E-state index contributed by atoms with van der Waals surface area (Å²) in [6.07, 6.45) is -0.623. The van der Waals surface area contributed by atoms with E-state index in [9.17, 15) is 22.4 Å². The van der Waals surface area contributed by atoms with Gasteiger partial charge in [-0.05, 0) is 38.0 Å². The monoisotopic (exact) mass is 465 g/mol. The fourth-order valence-corrected chi connectivity index (χ4v) is 4.01. The van der Waals surface area contributed by atoms with Gasteiger partial charge in [0.1, 0.15) is 18.2 Å². The molecule has 0 bridgehead atoms. The van der Waals surface area contributed by atoms with Gasteiger partial charge in [0.15, 0.2) is 0 Å². The highest BCUT2D eigenvalue weighted by atomic mass is 19.4. The molecule has 2 aliphatic heterocycles. The Kier molecular flexibility index (Phi) is 6.18. The van der Waals surface area contributed by atoms with E-state index < -0.39 is 29.9 Å². The maximum atomic E-state index is 14.7. The summed E-state index contributed by atoms with van der Waals surface area (Å²) in [7, 11) is 1.72. The van der Waals surface area contributed by atoms with Gasteiger partial charge in [-0.15, -0.1) is 0 Å². The Morgan fingerprint density at radius 2 is 2.09 bits per heavy atom. The van der Waals surface area contributed by atoms with Gasteiger partial charge in [-0.25, -0.2) is 9.37 Å². The molecule has 1 aromatic heterocycles. The van der Waals surface area contributed by atoms with E-state index >= 15 is 0 Å². The lowest BCUT2D eigenvalue weighted by Crippen LogP contribution is -2.45. The lowest BCUT2D eigenvalue weighted by molar-refractivity contribution is -0.137. The van der Waals surface area contributed by atoms with Crippen LogP contribution in [0.3, 0.4) is 0 Å². The molecule has 2 aromatic rings. The average molecular weight is 465 g/mol. The molecule has 1 fully saturated rings. The molecule has 10 heteroatoms. The summed E-state index contributed by atoms with van der Waals surface area (Å²) in [5.74, 6) is -0.810. The Bertz CT molecular complexity index is 1070. The zero-order valence-electron chi connectivity index (χ0n) is 18.1. The standard InChI is InChI=1S/C23H23F4N3O3/c1-14-11-15(23(25,26)27)12-28-20(14)33-16-5-4-8-30(13-16)21(31)17-6-3-7-18(24)19(17)22-29(2)9-10-32-22/h3,6-7,9-12,16,22H,4-5,8,13H2,1-2H3. The van der Waals surface area contributed by atoms with Gasteiger partial charge in [-0.2, -0.15) is 13.2 Å². The molecule has 2 atom stereocenters. The summed E-state index contributed by atoms with van der Waals surface area (Å²) in [6.45, 7) is 2.15. The molecule has 0 radical (unpaired) electrons. The first-order valence-corrected chi connectivity index (χ1v) is 10.5. The number of likely N-dealkylation sites (tertiary alicyclic amines) is 1. The van der Waals surface area contributed by atoms with Crippen LogP contribution >= 0.6 is 0 Å². The van der Waals surface area contributed by atoms with Gasteiger partial charge in [0.2, 0.25) is 12.1 Å². The lowest BCUT2D eigenvalue weighted by Gasteiger charge is -2.34. The number of hydrogen-bond acceptors (Lipinski definition) is 5. The van der Waals surface area contributed by atoms with Crippen molar-refractivity contribution in [2.75, 3.05) is 20.1 Å². The molecule has 0 aliphatic carbocycles. The SMILES string of the molecule is Cc1cc(C(F)(F)F)cnc1OC1CCCN(C(=O)c2cccc(F)c2C2OC=CN2C)C1. The number of benzene rings is 1. The second kappa shape index (κ2) is 8.92. The maximum Gasteiger partial charge on any atom is 0.417 e. The van der Waals surface area contributed by atoms with E-state index in [0.29, 0.717) is 19.4 Å². The normalized spacial score (nSPS) is 20.7. The molecule has 1 saturated heterocycles. The lowest BCUT2D eigenvalue weighted by atomic mass is 10.0. The van der Waals surface area contributed by atoms with E-state index in [1.807, 2.05) is 0 Å². The molecule has 0 saturated carbocycles. The van der Waals surface area contributed by atoms with Crippen LogP contribution in [0.5, 0.6) is 5.88 Å². The summed E-state index contributed by atoms with van der Waals surface area (Å²) < 4.78 is 64.7. The van der Waals surface area contributed by atoms with Crippen molar-refractivity contribution in [1.82, 2.24) is 14.8 Å². The minimum absolute atomic E-state index is 0.0980. The third kappa shape index (κ3) is 4.74. The number of halogens is 4. The molecule has 6 nitrogen and oxygen atoms in total. The van der Waals surface area contributed by atoms with Gasteiger partial charge in [-0.3, -0.25) is 4.79 Å². The van der Waals surface area contributed by atoms with Gasteiger partial charge in [0.25, 0.3) is 5.91 Å². The van der Waals surface area contributed by atoms with Crippen molar-refractivity contribution >= 4 is 5.91 Å². The summed E-state index contributed by atoms with van der Waals surface area (Å²) in [4.78, 5) is 20.4. The van der Waals surface area contributed by atoms with E-state index in [0.717, 1.165) is 12.3 Å². The molecular formula is C23H23F4N3O3. The summed E-state index contributed by atoms with van der Waals surface area (Å²) >= 11 is 0. The number of alkyl halides is 3. The molecule has 0 N–H and O–H groups in total. The number of nitrogens with zero attached hydrogens (tertiary/aromatic N) is 3. The van der Waals surface area contributed by atoms with Crippen molar-refractivity contribution in [3.05, 3.63) is 71.0 Å². The first-order valence-electron chi connectivity index (χ1n) is 10.5. The first kappa shape index (κ1) is 22.9. The summed E-state index contributed by atoms with van der Waals surface area (Å²) in [6, 6.07) is 5.30. The molecule has 1 amide bonds. The second-order valence-corrected chi connectivity index (χ2v) is 8.12. The molecular weight excluding hydrogens is 442 g/mol. The Morgan fingerprint density at radius 1 is 1.30 bits per heavy atom. The van der Waals surface area contributed by atoms with Crippen LogP contribution in [0.1, 0.15) is 46.1 Å². The number of ether oxygens (including phenoxy) is 2. The predicted octanol–water partition coefficient (Wildman–Crippen LogP) is 4.66. The summed E-state index contributed by atoms with van der Waals surface area (Å²) in [5.41, 5.74) is -0.243. The number of pyridine rings is 1. The fraction of sp³-hybridized carbons (Fsp3) is 0.391. The highest BCUT2D eigenvalue weighted by molar-refractivity contribution is 5.96. The Labute approximate surface area is 188 Å². The number of rotatable bonds is 4. The van der Waals surface area contributed by atoms with Crippen LogP contribution in [-0.4, -0.2) is 46.9 Å². The van der Waals surface area contributed by atoms with Crippen LogP contribution in [0, 0.1) is 12.7 Å². The Hall–Kier alpha value is -3.30. The zero-order chi connectivity index (χ0) is 23.8. The zero-order valence-corrected chi connectivity index (χ0v) is 18.1. The molecule has 0 spiro atoms. The Balaban J connectivity index is 1.51. The van der Waals surface area contributed by atoms with Gasteiger partial charge < -0.3 is 19.3 Å². The van der Waals surface area contributed by atoms with E-state index in [1.54, 1.807) is 29.1 Å². The Morgan fingerprint density at radius 3 is 2.76 bits per heavy atom. The van der Waals surface area contributed by atoms with Crippen molar-refractivity contribution in [1.29, 1.82) is 0 Å². The molecule has 176 valence electrons. The van der Waals surface area contributed by atoms with Crippen LogP contribution in [0.2, 0.25) is 0 Å². The topological polar surface area (TPSA) is 54.9 Å². The number of piperidine rings is 1. The number of carbonyl (C=O) groups is 1. The van der Waals surface area contributed by atoms with E-state index in [4.69, 9.17) is 9.47 Å². The second-order valence-electron chi connectivity index (χ2n) is 8.12. The van der Waals surface area contributed by atoms with Crippen molar-refractivity contribution in [2.45, 2.75) is 38.3 Å². The van der Waals surface area contributed by atoms with Gasteiger partial charge in [0, 0.05) is 31.6 Å². The largest absolute Gasteiger partial charge is 0.472 e. The van der Waals surface area contributed by atoms with Crippen molar-refractivity contribution in [3.63, 3.8) is 0 Å². The van der Waals surface area contributed by atoms with E-state index in [1.165, 1.54) is 25.3 Å². The van der Waals surface area contributed by atoms with Gasteiger partial charge in [0.05, 0.1) is 23.2 Å². The van der Waals surface area contributed by atoms with Crippen LogP contribution in [0.15, 0.2) is 42.9 Å². The minimum Gasteiger partial charge on any atom is -0.472 e. The maximum absolute atomic E-state index is 14.7. The average Bonchev–Trinajstić information content (AvgIpc) is 3.19. The molecule has 1 aromatic carbocycles. The quantitative estimate of drug-likeness (QED) is 0.615.